The molecule has 5 N–H and O–H groups in total. The van der Waals surface area contributed by atoms with Crippen LogP contribution in [0.1, 0.15) is 30.9 Å². The topological polar surface area (TPSA) is 93.5 Å². The summed E-state index contributed by atoms with van der Waals surface area (Å²) in [6.45, 7) is 3.96. The number of aliphatic imine (C=N–C) groups is 1. The molecule has 2 aromatic carbocycles. The first-order chi connectivity index (χ1) is 13.9. The molecular formula is C24H28N4O. The Morgan fingerprint density at radius 3 is 2.34 bits per heavy atom. The molecule has 2 aromatic rings. The van der Waals surface area contributed by atoms with Crippen LogP contribution in [-0.2, 0) is 11.2 Å². The van der Waals surface area contributed by atoms with Crippen molar-refractivity contribution in [1.29, 1.82) is 0 Å². The number of carbonyl (C=O) groups excluding carboxylic acids is 1. The molecule has 0 aliphatic heterocycles. The van der Waals surface area contributed by atoms with Crippen molar-refractivity contribution in [2.75, 3.05) is 0 Å². The molecule has 0 radical (unpaired) electrons. The quantitative estimate of drug-likeness (QED) is 0.524. The predicted molar refractivity (Wildman–Crippen MR) is 118 cm³/mol. The van der Waals surface area contributed by atoms with Crippen LogP contribution in [0.2, 0.25) is 0 Å². The number of nitrogens with one attached hydrogen (secondary N) is 1. The van der Waals surface area contributed by atoms with Gasteiger partial charge in [0.15, 0.2) is 5.96 Å². The lowest BCUT2D eigenvalue weighted by molar-refractivity contribution is -0.122. The second-order valence-corrected chi connectivity index (χ2v) is 7.61. The molecule has 1 aliphatic rings. The number of hydrogen-bond donors (Lipinski definition) is 3. The van der Waals surface area contributed by atoms with Crippen molar-refractivity contribution >= 4 is 11.9 Å². The van der Waals surface area contributed by atoms with Gasteiger partial charge in [-0.05, 0) is 30.5 Å². The minimum atomic E-state index is -0.599. The van der Waals surface area contributed by atoms with E-state index >= 15 is 0 Å². The van der Waals surface area contributed by atoms with Crippen molar-refractivity contribution < 1.29 is 4.79 Å². The minimum Gasteiger partial charge on any atom is -0.370 e. The molecule has 5 nitrogen and oxygen atoms in total. The first-order valence-electron chi connectivity index (χ1n) is 9.79. The SMILES string of the molecule is CC1C(NC(=O)C(Cc2ccccc2)c2ccccc2)=CC=CC1(C)N=C(N)N. The van der Waals surface area contributed by atoms with Crippen LogP contribution in [0.25, 0.3) is 0 Å². The zero-order valence-electron chi connectivity index (χ0n) is 16.9. The summed E-state index contributed by atoms with van der Waals surface area (Å²) >= 11 is 0. The zero-order valence-corrected chi connectivity index (χ0v) is 16.9. The summed E-state index contributed by atoms with van der Waals surface area (Å²) in [5.74, 6) is -0.387. The number of guanidine groups is 1. The summed E-state index contributed by atoms with van der Waals surface area (Å²) in [5, 5.41) is 3.14. The lowest BCUT2D eigenvalue weighted by atomic mass is 9.81. The Morgan fingerprint density at radius 2 is 1.72 bits per heavy atom. The van der Waals surface area contributed by atoms with Gasteiger partial charge in [-0.2, -0.15) is 0 Å². The van der Waals surface area contributed by atoms with E-state index in [1.54, 1.807) is 0 Å². The summed E-state index contributed by atoms with van der Waals surface area (Å²) in [6, 6.07) is 19.9. The fraction of sp³-hybridized carbons (Fsp3) is 0.250. The molecule has 0 bridgehead atoms. The van der Waals surface area contributed by atoms with E-state index in [1.165, 1.54) is 0 Å². The van der Waals surface area contributed by atoms with E-state index in [0.29, 0.717) is 6.42 Å². The zero-order chi connectivity index (χ0) is 20.9. The van der Waals surface area contributed by atoms with E-state index in [4.69, 9.17) is 11.5 Å². The predicted octanol–water partition coefficient (Wildman–Crippen LogP) is 3.25. The molecular weight excluding hydrogens is 360 g/mol. The van der Waals surface area contributed by atoms with Crippen LogP contribution in [0.3, 0.4) is 0 Å². The van der Waals surface area contributed by atoms with E-state index in [2.05, 4.69) is 10.3 Å². The molecule has 1 amide bonds. The van der Waals surface area contributed by atoms with Gasteiger partial charge < -0.3 is 16.8 Å². The van der Waals surface area contributed by atoms with Crippen LogP contribution >= 0.6 is 0 Å². The van der Waals surface area contributed by atoms with Crippen molar-refractivity contribution in [2.45, 2.75) is 31.7 Å². The van der Waals surface area contributed by atoms with Gasteiger partial charge in [0.25, 0.3) is 0 Å². The third kappa shape index (κ3) is 4.93. The standard InChI is InChI=1S/C24H28N4O/c1-17-21(14-9-15-24(17,2)28-23(25)26)27-22(29)20(19-12-7-4-8-13-19)16-18-10-5-3-6-11-18/h3-15,17,20H,16H2,1-2H3,(H,27,29)(H4,25,26,28). The molecule has 0 spiro atoms. The number of nitrogens with zero attached hydrogens (tertiary/aromatic N) is 1. The maximum Gasteiger partial charge on any atom is 0.232 e. The maximum absolute atomic E-state index is 13.3. The van der Waals surface area contributed by atoms with Gasteiger partial charge in [0, 0.05) is 11.6 Å². The van der Waals surface area contributed by atoms with E-state index < -0.39 is 5.54 Å². The summed E-state index contributed by atoms with van der Waals surface area (Å²) in [4.78, 5) is 17.7. The van der Waals surface area contributed by atoms with Gasteiger partial charge in [-0.1, -0.05) is 79.7 Å². The highest BCUT2D eigenvalue weighted by Gasteiger charge is 2.34. The summed E-state index contributed by atoms with van der Waals surface area (Å²) in [5.41, 5.74) is 13.5. The van der Waals surface area contributed by atoms with Crippen LogP contribution in [0.5, 0.6) is 0 Å². The van der Waals surface area contributed by atoms with Gasteiger partial charge in [-0.3, -0.25) is 4.79 Å². The summed E-state index contributed by atoms with van der Waals surface area (Å²) in [7, 11) is 0. The van der Waals surface area contributed by atoms with Crippen LogP contribution in [0.4, 0.5) is 0 Å². The molecule has 0 aromatic heterocycles. The van der Waals surface area contributed by atoms with Crippen molar-refractivity contribution in [3.8, 4) is 0 Å². The fourth-order valence-corrected chi connectivity index (χ4v) is 3.64. The first-order valence-corrected chi connectivity index (χ1v) is 9.79. The van der Waals surface area contributed by atoms with E-state index in [1.807, 2.05) is 92.7 Å². The molecule has 3 unspecified atom stereocenters. The highest BCUT2D eigenvalue weighted by atomic mass is 16.1. The number of allylic oxidation sites excluding steroid dienone is 2. The molecule has 29 heavy (non-hydrogen) atoms. The lowest BCUT2D eigenvalue weighted by Gasteiger charge is -2.34. The molecule has 0 saturated carbocycles. The third-order valence-corrected chi connectivity index (χ3v) is 5.49. The largest absolute Gasteiger partial charge is 0.370 e. The normalized spacial score (nSPS) is 21.7. The Labute approximate surface area is 172 Å². The monoisotopic (exact) mass is 388 g/mol. The van der Waals surface area contributed by atoms with E-state index in [-0.39, 0.29) is 23.7 Å². The molecule has 3 rings (SSSR count). The van der Waals surface area contributed by atoms with Crippen LogP contribution in [-0.4, -0.2) is 17.4 Å². The molecule has 1 aliphatic carbocycles. The Morgan fingerprint density at radius 1 is 1.10 bits per heavy atom. The molecule has 3 atom stereocenters. The summed E-state index contributed by atoms with van der Waals surface area (Å²) < 4.78 is 0. The number of benzene rings is 2. The van der Waals surface area contributed by atoms with Crippen LogP contribution in [0, 0.1) is 5.92 Å². The first kappa shape index (κ1) is 20.4. The molecule has 150 valence electrons. The van der Waals surface area contributed by atoms with Crippen molar-refractivity contribution in [3.63, 3.8) is 0 Å². The third-order valence-electron chi connectivity index (χ3n) is 5.49. The highest BCUT2D eigenvalue weighted by Crippen LogP contribution is 2.32. The van der Waals surface area contributed by atoms with Gasteiger partial charge >= 0.3 is 0 Å². The van der Waals surface area contributed by atoms with Gasteiger partial charge in [0.05, 0.1) is 11.5 Å². The second kappa shape index (κ2) is 8.78. The molecule has 0 saturated heterocycles. The number of amides is 1. The fourth-order valence-electron chi connectivity index (χ4n) is 3.64. The average molecular weight is 389 g/mol. The highest BCUT2D eigenvalue weighted by molar-refractivity contribution is 5.85. The van der Waals surface area contributed by atoms with Gasteiger partial charge in [-0.15, -0.1) is 0 Å². The Kier molecular flexibility index (Phi) is 6.17. The van der Waals surface area contributed by atoms with Crippen LogP contribution < -0.4 is 16.8 Å². The van der Waals surface area contributed by atoms with E-state index in [0.717, 1.165) is 16.8 Å². The lowest BCUT2D eigenvalue weighted by Crippen LogP contribution is -2.42. The second-order valence-electron chi connectivity index (χ2n) is 7.61. The van der Waals surface area contributed by atoms with Gasteiger partial charge in [0.1, 0.15) is 0 Å². The van der Waals surface area contributed by atoms with Crippen LogP contribution in [0.15, 0.2) is 89.6 Å². The number of carbonyl (C=O) groups is 1. The number of hydrogen-bond acceptors (Lipinski definition) is 2. The minimum absolute atomic E-state index is 0.0304. The Balaban J connectivity index is 1.84. The Bertz CT molecular complexity index is 930. The van der Waals surface area contributed by atoms with E-state index in [9.17, 15) is 4.79 Å². The van der Waals surface area contributed by atoms with Crippen molar-refractivity contribution in [1.82, 2.24) is 5.32 Å². The molecule has 0 fully saturated rings. The molecule has 5 heteroatoms. The molecule has 0 heterocycles. The van der Waals surface area contributed by atoms with Crippen molar-refractivity contribution in [2.24, 2.45) is 22.4 Å². The smallest absolute Gasteiger partial charge is 0.232 e. The van der Waals surface area contributed by atoms with Crippen molar-refractivity contribution in [3.05, 3.63) is 95.7 Å². The summed E-state index contributed by atoms with van der Waals surface area (Å²) in [6.07, 6.45) is 6.37. The van der Waals surface area contributed by atoms with Gasteiger partial charge in [-0.25, -0.2) is 4.99 Å². The average Bonchev–Trinajstić information content (AvgIpc) is 2.70. The maximum atomic E-state index is 13.3. The Hall–Kier alpha value is -3.34. The number of nitrogens with two attached hydrogens (primary N) is 2. The number of rotatable bonds is 6. The van der Waals surface area contributed by atoms with Gasteiger partial charge in [0.2, 0.25) is 5.91 Å².